The average molecular weight is 354 g/mol. The fourth-order valence-electron chi connectivity index (χ4n) is 3.01. The smallest absolute Gasteiger partial charge is 0.193 e. The fraction of sp³-hybridized carbons (Fsp3) is 0.381. The molecule has 1 atom stereocenters. The van der Waals surface area contributed by atoms with Crippen molar-refractivity contribution in [3.05, 3.63) is 65.7 Å². The van der Waals surface area contributed by atoms with E-state index in [1.807, 2.05) is 38.4 Å². The molecule has 0 fully saturated rings. The van der Waals surface area contributed by atoms with Crippen LogP contribution in [0.15, 0.2) is 59.6 Å². The minimum Gasteiger partial charge on any atom is -0.496 e. The Balaban J connectivity index is 2.04. The Morgan fingerprint density at radius 1 is 1.04 bits per heavy atom. The fourth-order valence-corrected chi connectivity index (χ4v) is 3.01. The van der Waals surface area contributed by atoms with E-state index < -0.39 is 0 Å². The summed E-state index contributed by atoms with van der Waals surface area (Å²) in [7, 11) is 9.75. The van der Waals surface area contributed by atoms with Gasteiger partial charge in [0.2, 0.25) is 0 Å². The number of methoxy groups -OCH3 is 1. The molecule has 5 heteroatoms. The normalized spacial score (nSPS) is 12.8. The summed E-state index contributed by atoms with van der Waals surface area (Å²) in [6.45, 7) is 1.50. The molecule has 0 aromatic heterocycles. The topological polar surface area (TPSA) is 40.1 Å². The number of hydrogen-bond donors (Lipinski definition) is 1. The minimum absolute atomic E-state index is 0.271. The first-order valence-corrected chi connectivity index (χ1v) is 8.81. The van der Waals surface area contributed by atoms with E-state index in [-0.39, 0.29) is 6.04 Å². The van der Waals surface area contributed by atoms with Gasteiger partial charge in [0.1, 0.15) is 5.75 Å². The lowest BCUT2D eigenvalue weighted by Gasteiger charge is -2.28. The molecule has 2 rings (SSSR count). The molecule has 0 bridgehead atoms. The van der Waals surface area contributed by atoms with Crippen LogP contribution in [0.4, 0.5) is 0 Å². The summed E-state index contributed by atoms with van der Waals surface area (Å²) in [5, 5.41) is 3.50. The van der Waals surface area contributed by atoms with Gasteiger partial charge in [0.15, 0.2) is 5.96 Å². The Hall–Kier alpha value is -2.53. The molecule has 0 saturated carbocycles. The summed E-state index contributed by atoms with van der Waals surface area (Å²) in [5.74, 6) is 1.75. The molecule has 0 amide bonds. The van der Waals surface area contributed by atoms with Crippen molar-refractivity contribution in [3.8, 4) is 5.75 Å². The van der Waals surface area contributed by atoms with Crippen LogP contribution in [-0.4, -0.2) is 57.6 Å². The Bertz CT molecular complexity index is 700. The zero-order valence-electron chi connectivity index (χ0n) is 16.4. The van der Waals surface area contributed by atoms with E-state index in [1.165, 1.54) is 5.56 Å². The Kier molecular flexibility index (Phi) is 7.48. The van der Waals surface area contributed by atoms with Gasteiger partial charge >= 0.3 is 0 Å². The van der Waals surface area contributed by atoms with Crippen molar-refractivity contribution in [2.75, 3.05) is 41.8 Å². The van der Waals surface area contributed by atoms with Crippen molar-refractivity contribution >= 4 is 5.96 Å². The molecule has 0 saturated heterocycles. The zero-order valence-corrected chi connectivity index (χ0v) is 16.4. The van der Waals surface area contributed by atoms with Crippen LogP contribution in [0.2, 0.25) is 0 Å². The second-order valence-electron chi connectivity index (χ2n) is 6.49. The number of aliphatic imine (C=N–C) groups is 1. The predicted molar refractivity (Wildman–Crippen MR) is 109 cm³/mol. The summed E-state index contributed by atoms with van der Waals surface area (Å²) >= 11 is 0. The quantitative estimate of drug-likeness (QED) is 0.613. The lowest BCUT2D eigenvalue weighted by Crippen LogP contribution is -2.42. The lowest BCUT2D eigenvalue weighted by atomic mass is 10.1. The maximum Gasteiger partial charge on any atom is 0.193 e. The Morgan fingerprint density at radius 3 is 2.31 bits per heavy atom. The zero-order chi connectivity index (χ0) is 18.9. The highest BCUT2D eigenvalue weighted by atomic mass is 16.5. The molecule has 2 aromatic carbocycles. The van der Waals surface area contributed by atoms with Gasteiger partial charge in [-0.3, -0.25) is 4.99 Å². The van der Waals surface area contributed by atoms with Gasteiger partial charge in [-0.05, 0) is 25.7 Å². The van der Waals surface area contributed by atoms with Gasteiger partial charge in [-0.15, -0.1) is 0 Å². The molecule has 26 heavy (non-hydrogen) atoms. The third kappa shape index (κ3) is 5.23. The van der Waals surface area contributed by atoms with Crippen LogP contribution in [0.1, 0.15) is 17.2 Å². The molecule has 0 aliphatic heterocycles. The second kappa shape index (κ2) is 9.82. The Morgan fingerprint density at radius 2 is 1.69 bits per heavy atom. The van der Waals surface area contributed by atoms with Gasteiger partial charge in [-0.1, -0.05) is 48.5 Å². The maximum absolute atomic E-state index is 5.45. The highest BCUT2D eigenvalue weighted by Gasteiger charge is 2.16. The van der Waals surface area contributed by atoms with Crippen molar-refractivity contribution in [2.24, 2.45) is 4.99 Å². The molecule has 0 radical (unpaired) electrons. The summed E-state index contributed by atoms with van der Waals surface area (Å²) in [6.07, 6.45) is 0. The first-order valence-electron chi connectivity index (χ1n) is 8.81. The van der Waals surface area contributed by atoms with E-state index >= 15 is 0 Å². The number of nitrogens with one attached hydrogen (secondary N) is 1. The van der Waals surface area contributed by atoms with Gasteiger partial charge in [0.05, 0.1) is 13.2 Å². The molecule has 2 aromatic rings. The molecular formula is C21H30N4O. The van der Waals surface area contributed by atoms with E-state index in [1.54, 1.807) is 7.11 Å². The molecular weight excluding hydrogens is 324 g/mol. The van der Waals surface area contributed by atoms with Crippen molar-refractivity contribution in [1.29, 1.82) is 0 Å². The van der Waals surface area contributed by atoms with E-state index in [2.05, 4.69) is 64.5 Å². The van der Waals surface area contributed by atoms with Gasteiger partial charge < -0.3 is 19.9 Å². The highest BCUT2D eigenvalue weighted by molar-refractivity contribution is 5.79. The van der Waals surface area contributed by atoms with Crippen molar-refractivity contribution in [2.45, 2.75) is 12.6 Å². The first kappa shape index (κ1) is 19.8. The maximum atomic E-state index is 5.45. The lowest BCUT2D eigenvalue weighted by molar-refractivity contribution is 0.295. The SMILES string of the molecule is CN=C(NCC(c1ccccc1)N(C)C)N(C)Cc1ccccc1OC. The summed E-state index contributed by atoms with van der Waals surface area (Å²) in [6, 6.07) is 18.9. The summed E-state index contributed by atoms with van der Waals surface area (Å²) in [4.78, 5) is 8.76. The molecule has 0 heterocycles. The number of hydrogen-bond acceptors (Lipinski definition) is 3. The molecule has 1 unspecified atom stereocenters. The predicted octanol–water partition coefficient (Wildman–Crippen LogP) is 3.01. The van der Waals surface area contributed by atoms with Crippen LogP contribution in [0, 0.1) is 0 Å². The molecule has 140 valence electrons. The standard InChI is InChI=1S/C21H30N4O/c1-22-21(25(4)16-18-13-9-10-14-20(18)26-5)23-15-19(24(2)3)17-11-7-6-8-12-17/h6-14,19H,15-16H2,1-5H3,(H,22,23). The van der Waals surface area contributed by atoms with Crippen LogP contribution in [-0.2, 0) is 6.54 Å². The summed E-state index contributed by atoms with van der Waals surface area (Å²) in [5.41, 5.74) is 2.42. The molecule has 0 aliphatic rings. The monoisotopic (exact) mass is 354 g/mol. The van der Waals surface area contributed by atoms with Crippen LogP contribution in [0.3, 0.4) is 0 Å². The summed E-state index contributed by atoms with van der Waals surface area (Å²) < 4.78 is 5.45. The number of guanidine groups is 1. The molecule has 1 N–H and O–H groups in total. The first-order chi connectivity index (χ1) is 12.6. The minimum atomic E-state index is 0.271. The van der Waals surface area contributed by atoms with Crippen LogP contribution in [0.5, 0.6) is 5.75 Å². The number of benzene rings is 2. The Labute approximate surface area is 157 Å². The van der Waals surface area contributed by atoms with Crippen LogP contribution in [0.25, 0.3) is 0 Å². The number of likely N-dealkylation sites (N-methyl/N-ethyl adjacent to an activating group) is 1. The molecule has 0 aliphatic carbocycles. The number of para-hydroxylation sites is 1. The van der Waals surface area contributed by atoms with Gasteiger partial charge in [0.25, 0.3) is 0 Å². The van der Waals surface area contributed by atoms with E-state index in [4.69, 9.17) is 4.74 Å². The van der Waals surface area contributed by atoms with E-state index in [0.717, 1.165) is 30.4 Å². The second-order valence-corrected chi connectivity index (χ2v) is 6.49. The van der Waals surface area contributed by atoms with E-state index in [0.29, 0.717) is 0 Å². The third-order valence-electron chi connectivity index (χ3n) is 4.43. The van der Waals surface area contributed by atoms with Crippen molar-refractivity contribution in [1.82, 2.24) is 15.1 Å². The van der Waals surface area contributed by atoms with Gasteiger partial charge in [-0.2, -0.15) is 0 Å². The number of ether oxygens (including phenoxy) is 1. The number of nitrogens with zero attached hydrogens (tertiary/aromatic N) is 3. The molecule has 5 nitrogen and oxygen atoms in total. The third-order valence-corrected chi connectivity index (χ3v) is 4.43. The number of rotatable bonds is 7. The largest absolute Gasteiger partial charge is 0.496 e. The van der Waals surface area contributed by atoms with Crippen molar-refractivity contribution < 1.29 is 4.74 Å². The van der Waals surface area contributed by atoms with Gasteiger partial charge in [0, 0.05) is 32.7 Å². The van der Waals surface area contributed by atoms with Crippen LogP contribution < -0.4 is 10.1 Å². The van der Waals surface area contributed by atoms with E-state index in [9.17, 15) is 0 Å². The van der Waals surface area contributed by atoms with Gasteiger partial charge in [-0.25, -0.2) is 0 Å². The molecule has 0 spiro atoms. The highest BCUT2D eigenvalue weighted by Crippen LogP contribution is 2.19. The van der Waals surface area contributed by atoms with Crippen LogP contribution >= 0.6 is 0 Å². The van der Waals surface area contributed by atoms with Crippen molar-refractivity contribution in [3.63, 3.8) is 0 Å². The average Bonchev–Trinajstić information content (AvgIpc) is 2.66.